The minimum absolute atomic E-state index is 0.126. The molecule has 1 amide bonds. The molecule has 1 aliphatic carbocycles. The van der Waals surface area contributed by atoms with Crippen LogP contribution < -0.4 is 10.1 Å². The van der Waals surface area contributed by atoms with Gasteiger partial charge in [0.25, 0.3) is 5.91 Å². The first-order valence-corrected chi connectivity index (χ1v) is 7.84. The molecule has 0 spiro atoms. The molecule has 1 aromatic heterocycles. The molecule has 1 aliphatic rings. The quantitative estimate of drug-likeness (QED) is 0.882. The fraction of sp³-hybridized carbons (Fsp3) is 0.278. The number of carbonyl (C=O) groups is 2. The minimum Gasteiger partial charge on any atom is -0.481 e. The Balaban J connectivity index is 1.63. The van der Waals surface area contributed by atoms with Gasteiger partial charge in [-0.15, -0.1) is 0 Å². The smallest absolute Gasteiger partial charge is 0.306 e. The number of carbonyl (C=O) groups excluding carboxylic acids is 1. The number of carboxylic acid groups (broad SMARTS) is 1. The molecule has 0 radical (unpaired) electrons. The Morgan fingerprint density at radius 3 is 2.62 bits per heavy atom. The number of hydrogen-bond donors (Lipinski definition) is 2. The van der Waals surface area contributed by atoms with Crippen molar-refractivity contribution < 1.29 is 19.4 Å². The second-order valence-corrected chi connectivity index (χ2v) is 5.81. The molecule has 1 fully saturated rings. The largest absolute Gasteiger partial charge is 0.481 e. The number of benzene rings is 1. The summed E-state index contributed by atoms with van der Waals surface area (Å²) in [5.74, 6) is -0.296. The standard InChI is InChI=1S/C18H18N2O4/c21-17(20-13-7-6-12(10-13)18(22)23)16-11-15(8-9-19-16)24-14-4-2-1-3-5-14/h1-5,8-9,11-13H,6-7,10H2,(H,20,21)(H,22,23)/t12-,13+/m1/s1. The Morgan fingerprint density at radius 2 is 1.92 bits per heavy atom. The van der Waals surface area contributed by atoms with Crippen molar-refractivity contribution in [3.8, 4) is 11.5 Å². The van der Waals surface area contributed by atoms with Gasteiger partial charge in [0.1, 0.15) is 17.2 Å². The maximum atomic E-state index is 12.3. The monoisotopic (exact) mass is 326 g/mol. The van der Waals surface area contributed by atoms with Crippen LogP contribution in [0.4, 0.5) is 0 Å². The maximum Gasteiger partial charge on any atom is 0.306 e. The molecular weight excluding hydrogens is 308 g/mol. The van der Waals surface area contributed by atoms with Crippen molar-refractivity contribution in [2.24, 2.45) is 5.92 Å². The molecule has 2 atom stereocenters. The van der Waals surface area contributed by atoms with Crippen molar-refractivity contribution in [2.45, 2.75) is 25.3 Å². The highest BCUT2D eigenvalue weighted by molar-refractivity contribution is 5.92. The zero-order valence-corrected chi connectivity index (χ0v) is 13.0. The number of ether oxygens (including phenoxy) is 1. The van der Waals surface area contributed by atoms with Crippen LogP contribution in [0.2, 0.25) is 0 Å². The molecule has 24 heavy (non-hydrogen) atoms. The summed E-state index contributed by atoms with van der Waals surface area (Å²) in [6, 6.07) is 12.4. The van der Waals surface area contributed by atoms with Gasteiger partial charge in [0, 0.05) is 18.3 Å². The van der Waals surface area contributed by atoms with Gasteiger partial charge in [-0.25, -0.2) is 0 Å². The maximum absolute atomic E-state index is 12.3. The molecule has 6 nitrogen and oxygen atoms in total. The van der Waals surface area contributed by atoms with Crippen LogP contribution in [-0.4, -0.2) is 28.0 Å². The van der Waals surface area contributed by atoms with E-state index in [4.69, 9.17) is 9.84 Å². The Bertz CT molecular complexity index is 733. The van der Waals surface area contributed by atoms with Gasteiger partial charge in [0.15, 0.2) is 0 Å². The molecule has 124 valence electrons. The summed E-state index contributed by atoms with van der Waals surface area (Å²) in [5, 5.41) is 11.9. The third-order valence-electron chi connectivity index (χ3n) is 4.06. The lowest BCUT2D eigenvalue weighted by Gasteiger charge is -2.12. The lowest BCUT2D eigenvalue weighted by molar-refractivity contribution is -0.141. The molecule has 0 saturated heterocycles. The highest BCUT2D eigenvalue weighted by Gasteiger charge is 2.30. The van der Waals surface area contributed by atoms with Crippen LogP contribution in [0.3, 0.4) is 0 Å². The Labute approximate surface area is 139 Å². The van der Waals surface area contributed by atoms with Crippen LogP contribution in [0, 0.1) is 5.92 Å². The van der Waals surface area contributed by atoms with Gasteiger partial charge in [-0.2, -0.15) is 0 Å². The zero-order valence-electron chi connectivity index (χ0n) is 13.0. The Hall–Kier alpha value is -2.89. The van der Waals surface area contributed by atoms with E-state index in [0.717, 1.165) is 0 Å². The lowest BCUT2D eigenvalue weighted by Crippen LogP contribution is -2.33. The van der Waals surface area contributed by atoms with Crippen molar-refractivity contribution in [2.75, 3.05) is 0 Å². The van der Waals surface area contributed by atoms with Crippen LogP contribution in [0.15, 0.2) is 48.7 Å². The molecule has 1 saturated carbocycles. The van der Waals surface area contributed by atoms with E-state index < -0.39 is 5.97 Å². The van der Waals surface area contributed by atoms with Gasteiger partial charge in [-0.3, -0.25) is 14.6 Å². The Morgan fingerprint density at radius 1 is 1.12 bits per heavy atom. The van der Waals surface area contributed by atoms with Crippen LogP contribution in [0.25, 0.3) is 0 Å². The first kappa shape index (κ1) is 16.0. The van der Waals surface area contributed by atoms with E-state index in [9.17, 15) is 9.59 Å². The summed E-state index contributed by atoms with van der Waals surface area (Å²) in [7, 11) is 0. The van der Waals surface area contributed by atoms with E-state index in [1.807, 2.05) is 30.3 Å². The van der Waals surface area contributed by atoms with Crippen LogP contribution >= 0.6 is 0 Å². The predicted molar refractivity (Wildman–Crippen MR) is 87.0 cm³/mol. The lowest BCUT2D eigenvalue weighted by atomic mass is 10.1. The molecule has 6 heteroatoms. The van der Waals surface area contributed by atoms with Gasteiger partial charge in [0.2, 0.25) is 0 Å². The number of nitrogens with one attached hydrogen (secondary N) is 1. The minimum atomic E-state index is -0.803. The summed E-state index contributed by atoms with van der Waals surface area (Å²) in [6.07, 6.45) is 3.23. The molecule has 0 unspecified atom stereocenters. The van der Waals surface area contributed by atoms with Gasteiger partial charge in [0.05, 0.1) is 5.92 Å². The van der Waals surface area contributed by atoms with Gasteiger partial charge in [-0.05, 0) is 37.5 Å². The molecule has 1 aromatic carbocycles. The summed E-state index contributed by atoms with van der Waals surface area (Å²) >= 11 is 0. The highest BCUT2D eigenvalue weighted by Crippen LogP contribution is 2.26. The number of pyridine rings is 1. The number of aromatic nitrogens is 1. The number of rotatable bonds is 5. The molecule has 2 N–H and O–H groups in total. The van der Waals surface area contributed by atoms with E-state index in [1.54, 1.807) is 12.1 Å². The van der Waals surface area contributed by atoms with Crippen LogP contribution in [0.5, 0.6) is 11.5 Å². The van der Waals surface area contributed by atoms with E-state index in [1.165, 1.54) is 6.20 Å². The second kappa shape index (κ2) is 7.12. The van der Waals surface area contributed by atoms with Gasteiger partial charge >= 0.3 is 5.97 Å². The average Bonchev–Trinajstić information content (AvgIpc) is 3.05. The fourth-order valence-corrected chi connectivity index (χ4v) is 2.82. The number of aliphatic carboxylic acids is 1. The molecule has 2 aromatic rings. The topological polar surface area (TPSA) is 88.5 Å². The van der Waals surface area contributed by atoms with Crippen LogP contribution in [0.1, 0.15) is 29.8 Å². The molecule has 0 aliphatic heterocycles. The average molecular weight is 326 g/mol. The van der Waals surface area contributed by atoms with Crippen molar-refractivity contribution in [1.29, 1.82) is 0 Å². The SMILES string of the molecule is O=C(N[C@H]1CC[C@@H](C(=O)O)C1)c1cc(Oc2ccccc2)ccn1. The number of hydrogen-bond acceptors (Lipinski definition) is 4. The number of nitrogens with zero attached hydrogens (tertiary/aromatic N) is 1. The van der Waals surface area contributed by atoms with Crippen molar-refractivity contribution in [3.05, 3.63) is 54.4 Å². The Kier molecular flexibility index (Phi) is 4.74. The molecular formula is C18H18N2O4. The third kappa shape index (κ3) is 3.90. The first-order valence-electron chi connectivity index (χ1n) is 7.84. The number of carboxylic acids is 1. The second-order valence-electron chi connectivity index (χ2n) is 5.81. The highest BCUT2D eigenvalue weighted by atomic mass is 16.5. The first-order chi connectivity index (χ1) is 11.6. The molecule has 0 bridgehead atoms. The summed E-state index contributed by atoms with van der Waals surface area (Å²) in [4.78, 5) is 27.4. The molecule has 1 heterocycles. The predicted octanol–water partition coefficient (Wildman–Crippen LogP) is 2.86. The number of para-hydroxylation sites is 1. The fourth-order valence-electron chi connectivity index (χ4n) is 2.82. The van der Waals surface area contributed by atoms with Gasteiger partial charge < -0.3 is 15.2 Å². The zero-order chi connectivity index (χ0) is 16.9. The number of amides is 1. The summed E-state index contributed by atoms with van der Waals surface area (Å²) in [6.45, 7) is 0. The van der Waals surface area contributed by atoms with Crippen molar-refractivity contribution >= 4 is 11.9 Å². The van der Waals surface area contributed by atoms with E-state index in [2.05, 4.69) is 10.3 Å². The summed E-state index contributed by atoms with van der Waals surface area (Å²) in [5.41, 5.74) is 0.252. The van der Waals surface area contributed by atoms with E-state index >= 15 is 0 Å². The van der Waals surface area contributed by atoms with E-state index in [-0.39, 0.29) is 23.6 Å². The normalized spacial score (nSPS) is 19.7. The third-order valence-corrected chi connectivity index (χ3v) is 4.06. The van der Waals surface area contributed by atoms with Gasteiger partial charge in [-0.1, -0.05) is 18.2 Å². The van der Waals surface area contributed by atoms with Crippen molar-refractivity contribution in [3.63, 3.8) is 0 Å². The summed E-state index contributed by atoms with van der Waals surface area (Å²) < 4.78 is 5.69. The molecule has 3 rings (SSSR count). The van der Waals surface area contributed by atoms with Crippen molar-refractivity contribution in [1.82, 2.24) is 10.3 Å². The van der Waals surface area contributed by atoms with Crippen LogP contribution in [-0.2, 0) is 4.79 Å². The van der Waals surface area contributed by atoms with E-state index in [0.29, 0.717) is 30.8 Å².